The van der Waals surface area contributed by atoms with E-state index in [1.165, 1.54) is 0 Å². The van der Waals surface area contributed by atoms with Gasteiger partial charge < -0.3 is 10.6 Å². The lowest BCUT2D eigenvalue weighted by molar-refractivity contribution is 0.0515. The van der Waals surface area contributed by atoms with Crippen LogP contribution in [0.5, 0.6) is 0 Å². The lowest BCUT2D eigenvalue weighted by Crippen LogP contribution is -2.52. The molecule has 1 amide bonds. The molecule has 1 aliphatic rings. The second-order valence-corrected chi connectivity index (χ2v) is 4.20. The van der Waals surface area contributed by atoms with E-state index < -0.39 is 0 Å². The average molecular weight is 225 g/mol. The largest absolute Gasteiger partial charge is 0.338 e. The minimum Gasteiger partial charge on any atom is -0.338 e. The molecule has 1 aliphatic heterocycles. The van der Waals surface area contributed by atoms with Gasteiger partial charge in [-0.1, -0.05) is 23.7 Å². The van der Waals surface area contributed by atoms with Crippen molar-refractivity contribution in [1.29, 1.82) is 0 Å². The van der Waals surface area contributed by atoms with Gasteiger partial charge in [-0.05, 0) is 18.7 Å². The van der Waals surface area contributed by atoms with Crippen molar-refractivity contribution < 1.29 is 4.79 Å². The fourth-order valence-corrected chi connectivity index (χ4v) is 1.91. The first-order valence-corrected chi connectivity index (χ1v) is 5.34. The summed E-state index contributed by atoms with van der Waals surface area (Å²) in [6.07, 6.45) is 0. The number of rotatable bonds is 2. The fourth-order valence-electron chi connectivity index (χ4n) is 1.69. The number of hydrogen-bond donors (Lipinski definition) is 1. The number of nitrogens with zero attached hydrogens (tertiary/aromatic N) is 1. The maximum atomic E-state index is 11.9. The monoisotopic (exact) mass is 224 g/mol. The Kier molecular flexibility index (Phi) is 2.93. The SMILES string of the molecule is NCC1CN(C(=O)c2ccccc2Cl)C1. The number of carbonyl (C=O) groups is 1. The van der Waals surface area contributed by atoms with Gasteiger partial charge in [-0.25, -0.2) is 0 Å². The minimum absolute atomic E-state index is 0.00491. The Balaban J connectivity index is 2.07. The van der Waals surface area contributed by atoms with Crippen molar-refractivity contribution in [1.82, 2.24) is 4.90 Å². The molecule has 0 aliphatic carbocycles. The highest BCUT2D eigenvalue weighted by Crippen LogP contribution is 2.22. The summed E-state index contributed by atoms with van der Waals surface area (Å²) in [6, 6.07) is 7.12. The van der Waals surface area contributed by atoms with E-state index in [1.807, 2.05) is 12.1 Å². The van der Waals surface area contributed by atoms with Crippen molar-refractivity contribution in [2.45, 2.75) is 0 Å². The molecule has 3 nitrogen and oxygen atoms in total. The molecule has 1 saturated heterocycles. The Morgan fingerprint density at radius 3 is 2.73 bits per heavy atom. The smallest absolute Gasteiger partial charge is 0.255 e. The molecule has 1 heterocycles. The molecule has 1 aromatic rings. The Hall–Kier alpha value is -1.06. The number of amides is 1. The van der Waals surface area contributed by atoms with E-state index >= 15 is 0 Å². The van der Waals surface area contributed by atoms with Gasteiger partial charge in [0.2, 0.25) is 0 Å². The van der Waals surface area contributed by atoms with Gasteiger partial charge in [-0.3, -0.25) is 4.79 Å². The Morgan fingerprint density at radius 1 is 1.47 bits per heavy atom. The second-order valence-electron chi connectivity index (χ2n) is 3.79. The third-order valence-electron chi connectivity index (χ3n) is 2.68. The van der Waals surface area contributed by atoms with E-state index in [0.29, 0.717) is 23.0 Å². The van der Waals surface area contributed by atoms with Crippen LogP contribution >= 0.6 is 11.6 Å². The van der Waals surface area contributed by atoms with Crippen molar-refractivity contribution in [3.8, 4) is 0 Å². The van der Waals surface area contributed by atoms with Crippen molar-refractivity contribution in [2.75, 3.05) is 19.6 Å². The van der Waals surface area contributed by atoms with E-state index in [2.05, 4.69) is 0 Å². The van der Waals surface area contributed by atoms with Crippen LogP contribution in [0.2, 0.25) is 5.02 Å². The van der Waals surface area contributed by atoms with Crippen LogP contribution in [0.1, 0.15) is 10.4 Å². The first kappa shape index (κ1) is 10.5. The van der Waals surface area contributed by atoms with Crippen LogP contribution in [-0.2, 0) is 0 Å². The van der Waals surface area contributed by atoms with E-state index in [9.17, 15) is 4.79 Å². The van der Waals surface area contributed by atoms with Crippen molar-refractivity contribution in [3.63, 3.8) is 0 Å². The minimum atomic E-state index is 0.00491. The first-order valence-electron chi connectivity index (χ1n) is 4.96. The number of halogens is 1. The van der Waals surface area contributed by atoms with Crippen LogP contribution in [0, 0.1) is 5.92 Å². The van der Waals surface area contributed by atoms with Crippen LogP contribution in [0.3, 0.4) is 0 Å². The molecule has 2 rings (SSSR count). The van der Waals surface area contributed by atoms with Gasteiger partial charge in [0.15, 0.2) is 0 Å². The summed E-state index contributed by atoms with van der Waals surface area (Å²) in [5, 5.41) is 0.513. The fraction of sp³-hybridized carbons (Fsp3) is 0.364. The Bertz CT molecular complexity index is 375. The third kappa shape index (κ3) is 1.98. The second kappa shape index (κ2) is 4.21. The molecule has 0 unspecified atom stereocenters. The van der Waals surface area contributed by atoms with E-state index in [-0.39, 0.29) is 5.91 Å². The topological polar surface area (TPSA) is 46.3 Å². The van der Waals surface area contributed by atoms with Crippen LogP contribution in [0.15, 0.2) is 24.3 Å². The summed E-state index contributed by atoms with van der Waals surface area (Å²) < 4.78 is 0. The highest BCUT2D eigenvalue weighted by Gasteiger charge is 2.30. The van der Waals surface area contributed by atoms with Gasteiger partial charge >= 0.3 is 0 Å². The van der Waals surface area contributed by atoms with Crippen LogP contribution in [0.4, 0.5) is 0 Å². The van der Waals surface area contributed by atoms with E-state index in [0.717, 1.165) is 13.1 Å². The van der Waals surface area contributed by atoms with Gasteiger partial charge in [0.25, 0.3) is 5.91 Å². The van der Waals surface area contributed by atoms with Crippen molar-refractivity contribution in [3.05, 3.63) is 34.9 Å². The molecule has 1 fully saturated rings. The summed E-state index contributed by atoms with van der Waals surface area (Å²) >= 11 is 5.94. The van der Waals surface area contributed by atoms with Crippen molar-refractivity contribution in [2.24, 2.45) is 11.7 Å². The zero-order chi connectivity index (χ0) is 10.8. The number of hydrogen-bond acceptors (Lipinski definition) is 2. The van der Waals surface area contributed by atoms with E-state index in [1.54, 1.807) is 17.0 Å². The van der Waals surface area contributed by atoms with Gasteiger partial charge in [0.1, 0.15) is 0 Å². The molecule has 0 aromatic heterocycles. The molecule has 0 saturated carbocycles. The standard InChI is InChI=1S/C11H13ClN2O/c12-10-4-2-1-3-9(10)11(15)14-6-8(5-13)7-14/h1-4,8H,5-7,13H2. The molecule has 0 bridgehead atoms. The summed E-state index contributed by atoms with van der Waals surface area (Å²) in [7, 11) is 0. The number of likely N-dealkylation sites (tertiary alicyclic amines) is 1. The molecule has 0 spiro atoms. The molecule has 0 atom stereocenters. The predicted molar refractivity (Wildman–Crippen MR) is 59.9 cm³/mol. The first-order chi connectivity index (χ1) is 7.22. The molecule has 2 N–H and O–H groups in total. The molecule has 1 aromatic carbocycles. The zero-order valence-corrected chi connectivity index (χ0v) is 9.07. The van der Waals surface area contributed by atoms with Gasteiger partial charge in [-0.15, -0.1) is 0 Å². The summed E-state index contributed by atoms with van der Waals surface area (Å²) in [6.45, 7) is 2.15. The molecule has 0 radical (unpaired) electrons. The molecule has 15 heavy (non-hydrogen) atoms. The highest BCUT2D eigenvalue weighted by molar-refractivity contribution is 6.33. The third-order valence-corrected chi connectivity index (χ3v) is 3.01. The Labute approximate surface area is 93.8 Å². The van der Waals surface area contributed by atoms with Gasteiger partial charge in [0.05, 0.1) is 10.6 Å². The number of benzene rings is 1. The lowest BCUT2D eigenvalue weighted by atomic mass is 9.99. The average Bonchev–Trinajstić information content (AvgIpc) is 2.16. The maximum absolute atomic E-state index is 11.9. The summed E-state index contributed by atoms with van der Waals surface area (Å²) in [4.78, 5) is 13.7. The van der Waals surface area contributed by atoms with Crippen LogP contribution in [-0.4, -0.2) is 30.4 Å². The predicted octanol–water partition coefficient (Wildman–Crippen LogP) is 1.37. The maximum Gasteiger partial charge on any atom is 0.255 e. The zero-order valence-electron chi connectivity index (χ0n) is 8.32. The molecule has 4 heteroatoms. The van der Waals surface area contributed by atoms with Crippen LogP contribution in [0.25, 0.3) is 0 Å². The number of carbonyl (C=O) groups excluding carboxylic acids is 1. The molecular formula is C11H13ClN2O. The Morgan fingerprint density at radius 2 is 2.13 bits per heavy atom. The summed E-state index contributed by atoms with van der Waals surface area (Å²) in [5.74, 6) is 0.460. The lowest BCUT2D eigenvalue weighted by Gasteiger charge is -2.38. The number of nitrogens with two attached hydrogens (primary N) is 1. The van der Waals surface area contributed by atoms with Crippen molar-refractivity contribution >= 4 is 17.5 Å². The quantitative estimate of drug-likeness (QED) is 0.825. The summed E-state index contributed by atoms with van der Waals surface area (Å²) in [5.41, 5.74) is 6.08. The van der Waals surface area contributed by atoms with E-state index in [4.69, 9.17) is 17.3 Å². The molecular weight excluding hydrogens is 212 g/mol. The normalized spacial score (nSPS) is 16.3. The van der Waals surface area contributed by atoms with Gasteiger partial charge in [-0.2, -0.15) is 0 Å². The highest BCUT2D eigenvalue weighted by atomic mass is 35.5. The van der Waals surface area contributed by atoms with Gasteiger partial charge in [0, 0.05) is 19.0 Å². The van der Waals surface area contributed by atoms with Crippen LogP contribution < -0.4 is 5.73 Å². The molecule has 80 valence electrons.